The van der Waals surface area contributed by atoms with E-state index >= 15 is 0 Å². The summed E-state index contributed by atoms with van der Waals surface area (Å²) in [4.78, 5) is 56.9. The van der Waals surface area contributed by atoms with Gasteiger partial charge in [0, 0.05) is 28.0 Å². The predicted molar refractivity (Wildman–Crippen MR) is 165 cm³/mol. The third kappa shape index (κ3) is 4.35. The lowest BCUT2D eigenvalue weighted by molar-refractivity contribution is -0.141. The number of nitriles is 1. The second-order valence-electron chi connectivity index (χ2n) is 10.5. The first-order chi connectivity index (χ1) is 22.8. The summed E-state index contributed by atoms with van der Waals surface area (Å²) < 4.78 is 20.6. The maximum atomic E-state index is 14.2. The number of ether oxygens (including phenoxy) is 4. The molecule has 6 rings (SSSR count). The Balaban J connectivity index is 1.92. The fourth-order valence-electron chi connectivity index (χ4n) is 6.45. The molecule has 0 spiro atoms. The highest BCUT2D eigenvalue weighted by Crippen LogP contribution is 2.59. The molecule has 234 valence electrons. The highest BCUT2D eigenvalue weighted by molar-refractivity contribution is 6.18. The number of benzene rings is 2. The Labute approximate surface area is 268 Å². The first kappa shape index (κ1) is 30.7. The minimum Gasteiger partial charge on any atom is -0.466 e. The van der Waals surface area contributed by atoms with Crippen molar-refractivity contribution < 1.29 is 38.1 Å². The topological polar surface area (TPSA) is 158 Å². The quantitative estimate of drug-likeness (QED) is 0.289. The Morgan fingerprint density at radius 3 is 1.83 bits per heavy atom. The van der Waals surface area contributed by atoms with Crippen molar-refractivity contribution in [2.75, 3.05) is 28.4 Å². The van der Waals surface area contributed by atoms with Crippen molar-refractivity contribution in [1.29, 1.82) is 5.26 Å². The number of carbonyl (C=O) groups is 4. The molecule has 3 aromatic rings. The smallest absolute Gasteiger partial charge is 0.339 e. The summed E-state index contributed by atoms with van der Waals surface area (Å²) in [5.74, 6) is -4.50. The monoisotopic (exact) mass is 630 g/mol. The van der Waals surface area contributed by atoms with Gasteiger partial charge in [-0.1, -0.05) is 72.8 Å². The third-order valence-electron chi connectivity index (χ3n) is 8.30. The molecule has 2 unspecified atom stereocenters. The van der Waals surface area contributed by atoms with Crippen LogP contribution < -0.4 is 0 Å². The van der Waals surface area contributed by atoms with Crippen molar-refractivity contribution >= 4 is 29.6 Å². The summed E-state index contributed by atoms with van der Waals surface area (Å²) in [6.07, 6.45) is 4.89. The maximum Gasteiger partial charge on any atom is 0.339 e. The molecule has 0 aliphatic carbocycles. The molecule has 12 heteroatoms. The van der Waals surface area contributed by atoms with E-state index in [1.54, 1.807) is 48.6 Å². The van der Waals surface area contributed by atoms with Gasteiger partial charge in [-0.2, -0.15) is 5.26 Å². The molecule has 0 bridgehead atoms. The van der Waals surface area contributed by atoms with E-state index < -0.39 is 52.2 Å². The van der Waals surface area contributed by atoms with E-state index in [0.717, 1.165) is 28.4 Å². The van der Waals surface area contributed by atoms with Gasteiger partial charge in [-0.25, -0.2) is 19.2 Å². The van der Waals surface area contributed by atoms with Crippen molar-refractivity contribution in [3.05, 3.63) is 112 Å². The van der Waals surface area contributed by atoms with E-state index in [9.17, 15) is 24.4 Å². The van der Waals surface area contributed by atoms with Crippen LogP contribution in [0.3, 0.4) is 0 Å². The van der Waals surface area contributed by atoms with E-state index in [4.69, 9.17) is 18.9 Å². The Morgan fingerprint density at radius 1 is 0.745 bits per heavy atom. The molecule has 0 radical (unpaired) electrons. The van der Waals surface area contributed by atoms with Crippen LogP contribution in [-0.2, 0) is 43.7 Å². The summed E-state index contributed by atoms with van der Waals surface area (Å²) in [5, 5.41) is 20.8. The average Bonchev–Trinajstić information content (AvgIpc) is 3.37. The van der Waals surface area contributed by atoms with Crippen molar-refractivity contribution in [2.24, 2.45) is 0 Å². The number of nitrogens with zero attached hydrogens (tertiary/aromatic N) is 4. The lowest BCUT2D eigenvalue weighted by atomic mass is 9.77. The van der Waals surface area contributed by atoms with Gasteiger partial charge < -0.3 is 23.8 Å². The van der Waals surface area contributed by atoms with Gasteiger partial charge in [-0.05, 0) is 6.08 Å². The second kappa shape index (κ2) is 11.9. The fourth-order valence-corrected chi connectivity index (χ4v) is 6.45. The third-order valence-corrected chi connectivity index (χ3v) is 8.30. The van der Waals surface area contributed by atoms with E-state index in [-0.39, 0.29) is 16.8 Å². The Bertz CT molecular complexity index is 2020. The average molecular weight is 631 g/mol. The minimum absolute atomic E-state index is 0.178. The van der Waals surface area contributed by atoms with Crippen LogP contribution in [0.25, 0.3) is 28.2 Å². The van der Waals surface area contributed by atoms with Crippen LogP contribution >= 0.6 is 0 Å². The van der Waals surface area contributed by atoms with Crippen molar-refractivity contribution in [2.45, 2.75) is 11.6 Å². The van der Waals surface area contributed by atoms with Crippen LogP contribution in [-0.4, -0.2) is 73.5 Å². The lowest BCUT2D eigenvalue weighted by Gasteiger charge is -2.41. The molecule has 0 saturated heterocycles. The molecular formula is C35H26N4O8. The van der Waals surface area contributed by atoms with Crippen LogP contribution in [0.4, 0.5) is 0 Å². The van der Waals surface area contributed by atoms with Gasteiger partial charge in [-0.3, -0.25) is 0 Å². The molecule has 2 aromatic carbocycles. The predicted octanol–water partition coefficient (Wildman–Crippen LogP) is 3.42. The lowest BCUT2D eigenvalue weighted by Crippen LogP contribution is -2.50. The molecule has 2 atom stereocenters. The summed E-state index contributed by atoms with van der Waals surface area (Å²) in [5.41, 5.74) is -1.80. The number of esters is 4. The van der Waals surface area contributed by atoms with Crippen molar-refractivity contribution in [3.8, 4) is 28.6 Å². The Hall–Kier alpha value is -6.35. The molecule has 0 amide bonds. The zero-order valence-corrected chi connectivity index (χ0v) is 25.6. The molecule has 0 saturated carbocycles. The number of methoxy groups -OCH3 is 4. The van der Waals surface area contributed by atoms with Gasteiger partial charge in [0.15, 0.2) is 5.54 Å². The molecule has 47 heavy (non-hydrogen) atoms. The number of allylic oxidation sites excluding steroid dienone is 2. The van der Waals surface area contributed by atoms with Gasteiger partial charge in [0.2, 0.25) is 0 Å². The normalized spacial score (nSPS) is 19.1. The van der Waals surface area contributed by atoms with Gasteiger partial charge in [0.25, 0.3) is 0 Å². The molecule has 1 aromatic heterocycles. The van der Waals surface area contributed by atoms with Crippen molar-refractivity contribution in [3.63, 3.8) is 0 Å². The van der Waals surface area contributed by atoms with E-state index in [0.29, 0.717) is 28.1 Å². The summed E-state index contributed by atoms with van der Waals surface area (Å²) in [7, 11) is 4.26. The number of hydrogen-bond acceptors (Lipinski definition) is 12. The molecule has 3 aliphatic heterocycles. The van der Waals surface area contributed by atoms with Gasteiger partial charge in [0.05, 0.1) is 56.8 Å². The number of carbonyl (C=O) groups excluding carboxylic acids is 4. The molecule has 12 nitrogen and oxygen atoms in total. The summed E-state index contributed by atoms with van der Waals surface area (Å²) in [6.45, 7) is 0. The van der Waals surface area contributed by atoms with Gasteiger partial charge in [0.1, 0.15) is 17.5 Å². The first-order valence-electron chi connectivity index (χ1n) is 14.2. The fraction of sp³-hybridized carbons (Fsp3) is 0.171. The van der Waals surface area contributed by atoms with Crippen LogP contribution in [0, 0.1) is 11.3 Å². The Kier molecular flexibility index (Phi) is 7.74. The maximum absolute atomic E-state index is 14.2. The van der Waals surface area contributed by atoms with Crippen LogP contribution in [0.2, 0.25) is 0 Å². The number of rotatable bonds is 6. The van der Waals surface area contributed by atoms with Crippen LogP contribution in [0.15, 0.2) is 101 Å². The first-order valence-corrected chi connectivity index (χ1v) is 14.2. The summed E-state index contributed by atoms with van der Waals surface area (Å²) >= 11 is 0. The molecule has 4 heterocycles. The zero-order valence-electron chi connectivity index (χ0n) is 25.6. The number of aromatic nitrogens is 2. The number of hydrogen-bond donors (Lipinski definition) is 0. The zero-order chi connectivity index (χ0) is 33.5. The minimum atomic E-state index is -2.26. The SMILES string of the molecule is COC(=O)C1=C(C(=O)OC)C2C=CC=C3c4c(-c5ccccc5)nnc(-c5ccccc5)c4C(C#N)(C(C(=O)OC)=C1C(=O)OC)N32. The van der Waals surface area contributed by atoms with Crippen molar-refractivity contribution in [1.82, 2.24) is 15.1 Å². The largest absolute Gasteiger partial charge is 0.466 e. The molecule has 0 N–H and O–H groups in total. The van der Waals surface area contributed by atoms with E-state index in [2.05, 4.69) is 16.3 Å². The van der Waals surface area contributed by atoms with E-state index in [1.807, 2.05) is 30.3 Å². The van der Waals surface area contributed by atoms with E-state index in [1.165, 1.54) is 4.90 Å². The van der Waals surface area contributed by atoms with Crippen LogP contribution in [0.5, 0.6) is 0 Å². The van der Waals surface area contributed by atoms with Crippen LogP contribution in [0.1, 0.15) is 11.1 Å². The molecule has 3 aliphatic rings. The molecular weight excluding hydrogens is 604 g/mol. The molecule has 0 fully saturated rings. The Morgan fingerprint density at radius 2 is 1.28 bits per heavy atom. The van der Waals surface area contributed by atoms with Gasteiger partial charge >= 0.3 is 23.9 Å². The summed E-state index contributed by atoms with van der Waals surface area (Å²) in [6, 6.07) is 19.0. The standard InChI is InChI=1S/C35H26N4O8/c1-44-31(40)23-21-16-11-17-22-24-27(30(20-14-9-6-10-15-20)38-37-29(24)19-12-7-5-8-13-19)35(18-36,39(21)22)28(34(43)47-4)26(33(42)46-3)25(23)32(41)45-2/h5-17,21H,1-4H3. The second-order valence-corrected chi connectivity index (χ2v) is 10.5. The highest BCUT2D eigenvalue weighted by atomic mass is 16.5. The van der Waals surface area contributed by atoms with Gasteiger partial charge in [-0.15, -0.1) is 10.2 Å². The highest BCUT2D eigenvalue weighted by Gasteiger charge is 2.63. The number of fused-ring (bicyclic) bond motifs is 3.